The molecule has 2 heterocycles. The lowest BCUT2D eigenvalue weighted by atomic mass is 10.1. The number of carbonyl (C=O) groups is 1. The topological polar surface area (TPSA) is 81.7 Å². The van der Waals surface area contributed by atoms with Gasteiger partial charge in [-0.25, -0.2) is 9.78 Å². The van der Waals surface area contributed by atoms with Crippen LogP contribution >= 0.6 is 11.3 Å². The molecule has 2 amide bonds. The van der Waals surface area contributed by atoms with Crippen LogP contribution in [0.1, 0.15) is 5.56 Å². The Morgan fingerprint density at radius 1 is 1.23 bits per heavy atom. The zero-order valence-electron chi connectivity index (χ0n) is 14.1. The van der Waals surface area contributed by atoms with E-state index in [-0.39, 0.29) is 12.8 Å². The second-order valence-corrected chi connectivity index (χ2v) is 6.70. The van der Waals surface area contributed by atoms with E-state index in [9.17, 15) is 4.79 Å². The van der Waals surface area contributed by atoms with Crippen LogP contribution in [-0.4, -0.2) is 31.5 Å². The van der Waals surface area contributed by atoms with Crippen LogP contribution in [0.3, 0.4) is 0 Å². The third-order valence-corrected chi connectivity index (χ3v) is 4.90. The van der Waals surface area contributed by atoms with E-state index in [0.717, 1.165) is 28.0 Å². The fourth-order valence-corrected chi connectivity index (χ4v) is 3.50. The predicted octanol–water partition coefficient (Wildman–Crippen LogP) is 3.40. The smallest absolute Gasteiger partial charge is 0.321 e. The number of hydrogen-bond acceptors (Lipinski definition) is 6. The number of rotatable bonds is 5. The minimum atomic E-state index is -0.280. The average molecular weight is 371 g/mol. The summed E-state index contributed by atoms with van der Waals surface area (Å²) in [5, 5.41) is 6.13. The highest BCUT2D eigenvalue weighted by molar-refractivity contribution is 7.22. The lowest BCUT2D eigenvalue weighted by Crippen LogP contribution is -2.30. The molecular formula is C18H17N3O4S. The minimum absolute atomic E-state index is 0.230. The molecule has 0 bridgehead atoms. The lowest BCUT2D eigenvalue weighted by molar-refractivity contribution is 0.174. The average Bonchev–Trinajstić information content (AvgIpc) is 3.25. The highest BCUT2D eigenvalue weighted by atomic mass is 32.1. The summed E-state index contributed by atoms with van der Waals surface area (Å²) in [5.74, 6) is 2.20. The third kappa shape index (κ3) is 3.50. The van der Waals surface area contributed by atoms with Crippen LogP contribution in [0.4, 0.5) is 9.93 Å². The van der Waals surface area contributed by atoms with Crippen LogP contribution in [0.5, 0.6) is 17.2 Å². The first-order valence-corrected chi connectivity index (χ1v) is 8.91. The van der Waals surface area contributed by atoms with Gasteiger partial charge in [0, 0.05) is 18.7 Å². The van der Waals surface area contributed by atoms with Gasteiger partial charge in [-0.2, -0.15) is 0 Å². The molecule has 0 saturated heterocycles. The first-order chi connectivity index (χ1) is 12.7. The number of amides is 2. The molecule has 1 aliphatic rings. The molecule has 0 atom stereocenters. The van der Waals surface area contributed by atoms with Gasteiger partial charge in [-0.3, -0.25) is 5.32 Å². The van der Waals surface area contributed by atoms with Crippen molar-refractivity contribution in [3.63, 3.8) is 0 Å². The van der Waals surface area contributed by atoms with Crippen molar-refractivity contribution in [2.75, 3.05) is 25.8 Å². The minimum Gasteiger partial charge on any atom is -0.497 e. The fourth-order valence-electron chi connectivity index (χ4n) is 2.63. The zero-order valence-corrected chi connectivity index (χ0v) is 14.9. The van der Waals surface area contributed by atoms with Gasteiger partial charge in [-0.15, -0.1) is 0 Å². The van der Waals surface area contributed by atoms with Crippen molar-refractivity contribution in [3.05, 3.63) is 42.0 Å². The quantitative estimate of drug-likeness (QED) is 0.718. The Morgan fingerprint density at radius 3 is 2.77 bits per heavy atom. The van der Waals surface area contributed by atoms with Gasteiger partial charge in [0.25, 0.3) is 0 Å². The molecule has 4 rings (SSSR count). The van der Waals surface area contributed by atoms with Crippen molar-refractivity contribution in [3.8, 4) is 17.2 Å². The molecule has 7 nitrogen and oxygen atoms in total. The van der Waals surface area contributed by atoms with E-state index in [1.54, 1.807) is 7.11 Å². The van der Waals surface area contributed by atoms with Crippen molar-refractivity contribution in [1.82, 2.24) is 10.3 Å². The number of nitrogens with zero attached hydrogens (tertiary/aromatic N) is 1. The Labute approximate surface area is 153 Å². The van der Waals surface area contributed by atoms with E-state index in [1.165, 1.54) is 11.3 Å². The Bertz CT molecular complexity index is 899. The van der Waals surface area contributed by atoms with Gasteiger partial charge in [0.05, 0.1) is 17.3 Å². The summed E-state index contributed by atoms with van der Waals surface area (Å²) in [4.78, 5) is 16.5. The largest absolute Gasteiger partial charge is 0.497 e. The Kier molecular flexibility index (Phi) is 4.49. The number of urea groups is 1. The Balaban J connectivity index is 1.32. The number of thiazole rings is 1. The maximum absolute atomic E-state index is 12.1. The summed E-state index contributed by atoms with van der Waals surface area (Å²) in [6.45, 7) is 0.757. The van der Waals surface area contributed by atoms with Gasteiger partial charge >= 0.3 is 6.03 Å². The second-order valence-electron chi connectivity index (χ2n) is 5.67. The van der Waals surface area contributed by atoms with E-state index in [0.29, 0.717) is 23.2 Å². The number of benzene rings is 2. The SMILES string of the molecule is COc1ccc(CCNC(=O)Nc2nc3cc4c(cc3s2)OCO4)cc1. The zero-order chi connectivity index (χ0) is 17.9. The molecule has 0 aliphatic carbocycles. The number of methoxy groups -OCH3 is 1. The molecule has 3 aromatic rings. The lowest BCUT2D eigenvalue weighted by Gasteiger charge is -2.06. The monoisotopic (exact) mass is 371 g/mol. The van der Waals surface area contributed by atoms with Gasteiger partial charge in [0.1, 0.15) is 5.75 Å². The maximum atomic E-state index is 12.1. The number of carbonyl (C=O) groups excluding carboxylic acids is 1. The summed E-state index contributed by atoms with van der Waals surface area (Å²) in [5.41, 5.74) is 1.90. The maximum Gasteiger partial charge on any atom is 0.321 e. The molecular weight excluding hydrogens is 354 g/mol. The summed E-state index contributed by atoms with van der Waals surface area (Å²) in [6.07, 6.45) is 0.735. The van der Waals surface area contributed by atoms with Gasteiger partial charge in [0.15, 0.2) is 16.6 Å². The van der Waals surface area contributed by atoms with Crippen molar-refractivity contribution in [2.45, 2.75) is 6.42 Å². The highest BCUT2D eigenvalue weighted by Gasteiger charge is 2.17. The molecule has 8 heteroatoms. The van der Waals surface area contributed by atoms with Gasteiger partial charge in [-0.05, 0) is 24.1 Å². The van der Waals surface area contributed by atoms with E-state index >= 15 is 0 Å². The molecule has 0 fully saturated rings. The van der Waals surface area contributed by atoms with Crippen LogP contribution in [0.2, 0.25) is 0 Å². The second kappa shape index (κ2) is 7.09. The molecule has 0 radical (unpaired) electrons. The molecule has 2 aromatic carbocycles. The van der Waals surface area contributed by atoms with Gasteiger partial charge in [0.2, 0.25) is 6.79 Å². The number of hydrogen-bond donors (Lipinski definition) is 2. The Hall–Kier alpha value is -3.00. The van der Waals surface area contributed by atoms with E-state index in [2.05, 4.69) is 15.6 Å². The number of fused-ring (bicyclic) bond motifs is 2. The summed E-state index contributed by atoms with van der Waals surface area (Å²) < 4.78 is 16.8. The first-order valence-electron chi connectivity index (χ1n) is 8.09. The number of anilines is 1. The fraction of sp³-hybridized carbons (Fsp3) is 0.222. The van der Waals surface area contributed by atoms with Crippen molar-refractivity contribution < 1.29 is 19.0 Å². The van der Waals surface area contributed by atoms with E-state index in [4.69, 9.17) is 14.2 Å². The first kappa shape index (κ1) is 16.5. The van der Waals surface area contributed by atoms with Crippen molar-refractivity contribution in [2.24, 2.45) is 0 Å². The molecule has 0 spiro atoms. The van der Waals surface area contributed by atoms with Crippen molar-refractivity contribution in [1.29, 1.82) is 0 Å². The standard InChI is InChI=1S/C18H17N3O4S/c1-23-12-4-2-11(3-5-12)6-7-19-17(22)21-18-20-13-8-14-15(25-10-24-14)9-16(13)26-18/h2-5,8-9H,6-7,10H2,1H3,(H2,19,20,21,22). The predicted molar refractivity (Wildman–Crippen MR) is 99.5 cm³/mol. The van der Waals surface area contributed by atoms with Crippen LogP contribution in [0, 0.1) is 0 Å². The van der Waals surface area contributed by atoms with Crippen LogP contribution in [0.25, 0.3) is 10.2 Å². The van der Waals surface area contributed by atoms with Gasteiger partial charge in [-0.1, -0.05) is 23.5 Å². The van der Waals surface area contributed by atoms with Crippen LogP contribution in [-0.2, 0) is 6.42 Å². The normalized spacial score (nSPS) is 12.2. The Morgan fingerprint density at radius 2 is 2.00 bits per heavy atom. The molecule has 0 saturated carbocycles. The van der Waals surface area contributed by atoms with Crippen molar-refractivity contribution >= 4 is 32.7 Å². The van der Waals surface area contributed by atoms with E-state index in [1.807, 2.05) is 36.4 Å². The third-order valence-electron chi connectivity index (χ3n) is 3.96. The molecule has 1 aromatic heterocycles. The molecule has 2 N–H and O–H groups in total. The highest BCUT2D eigenvalue weighted by Crippen LogP contribution is 2.38. The van der Waals surface area contributed by atoms with Gasteiger partial charge < -0.3 is 19.5 Å². The number of ether oxygens (including phenoxy) is 3. The molecule has 26 heavy (non-hydrogen) atoms. The number of nitrogens with one attached hydrogen (secondary N) is 2. The molecule has 134 valence electrons. The molecule has 1 aliphatic heterocycles. The van der Waals surface area contributed by atoms with Crippen LogP contribution in [0.15, 0.2) is 36.4 Å². The summed E-state index contributed by atoms with van der Waals surface area (Å²) in [7, 11) is 1.64. The van der Waals surface area contributed by atoms with Crippen LogP contribution < -0.4 is 24.8 Å². The molecule has 0 unspecified atom stereocenters. The number of aromatic nitrogens is 1. The van der Waals surface area contributed by atoms with E-state index < -0.39 is 0 Å². The summed E-state index contributed by atoms with van der Waals surface area (Å²) >= 11 is 1.39. The summed E-state index contributed by atoms with van der Waals surface area (Å²) in [6, 6.07) is 11.2.